The number of carbonyl (C=O) groups is 1. The molecular weight excluding hydrogens is 424 g/mol. The van der Waals surface area contributed by atoms with Gasteiger partial charge in [0.25, 0.3) is 5.91 Å². The first kappa shape index (κ1) is 20.7. The summed E-state index contributed by atoms with van der Waals surface area (Å²) in [4.78, 5) is 22.4. The van der Waals surface area contributed by atoms with E-state index in [1.165, 1.54) is 4.80 Å². The summed E-state index contributed by atoms with van der Waals surface area (Å²) < 4.78 is 2.09. The van der Waals surface area contributed by atoms with Crippen LogP contribution in [0, 0.1) is 13.8 Å². The Kier molecular flexibility index (Phi) is 4.82. The first-order valence-corrected chi connectivity index (χ1v) is 11.1. The highest BCUT2D eigenvalue weighted by Gasteiger charge is 2.45. The van der Waals surface area contributed by atoms with E-state index < -0.39 is 5.54 Å². The van der Waals surface area contributed by atoms with E-state index in [4.69, 9.17) is 16.6 Å². The number of aromatic nitrogens is 5. The molecule has 2 aromatic heterocycles. The SMILES string of the molecule is Cc1ccc(-n2nccn2)c(C(=O)N2CCCC2(C)c2nc3ccc(Cl)c(C)c3n2C)c1. The molecule has 5 rings (SSSR count). The Morgan fingerprint density at radius 3 is 2.62 bits per heavy atom. The molecular formula is C24H25ClN6O. The summed E-state index contributed by atoms with van der Waals surface area (Å²) in [6, 6.07) is 9.61. The summed E-state index contributed by atoms with van der Waals surface area (Å²) in [7, 11) is 2.01. The maximum atomic E-state index is 14.0. The molecule has 1 atom stereocenters. The van der Waals surface area contributed by atoms with E-state index in [9.17, 15) is 4.79 Å². The molecule has 1 amide bonds. The monoisotopic (exact) mass is 448 g/mol. The van der Waals surface area contributed by atoms with Gasteiger partial charge in [-0.15, -0.1) is 0 Å². The minimum Gasteiger partial charge on any atom is -0.329 e. The Hall–Kier alpha value is -3.19. The molecule has 0 radical (unpaired) electrons. The summed E-state index contributed by atoms with van der Waals surface area (Å²) in [5.74, 6) is 0.831. The van der Waals surface area contributed by atoms with Gasteiger partial charge in [0.2, 0.25) is 0 Å². The molecule has 0 bridgehead atoms. The van der Waals surface area contributed by atoms with Gasteiger partial charge in [0, 0.05) is 18.6 Å². The maximum Gasteiger partial charge on any atom is 0.256 e. The van der Waals surface area contributed by atoms with Crippen LogP contribution < -0.4 is 0 Å². The lowest BCUT2D eigenvalue weighted by Gasteiger charge is -2.35. The van der Waals surface area contributed by atoms with Gasteiger partial charge in [-0.3, -0.25) is 4.79 Å². The molecule has 8 heteroatoms. The number of carbonyl (C=O) groups excluding carboxylic acids is 1. The van der Waals surface area contributed by atoms with Crippen LogP contribution in [0.1, 0.15) is 47.1 Å². The molecule has 0 N–H and O–H groups in total. The first-order chi connectivity index (χ1) is 15.3. The summed E-state index contributed by atoms with van der Waals surface area (Å²) in [5, 5.41) is 9.21. The summed E-state index contributed by atoms with van der Waals surface area (Å²) in [5.41, 5.74) is 4.63. The van der Waals surface area contributed by atoms with E-state index in [0.717, 1.165) is 40.8 Å². The molecule has 0 saturated carbocycles. The van der Waals surface area contributed by atoms with Gasteiger partial charge in [0.15, 0.2) is 0 Å². The average molecular weight is 449 g/mol. The second-order valence-electron chi connectivity index (χ2n) is 8.71. The third-order valence-electron chi connectivity index (χ3n) is 6.61. The molecule has 164 valence electrons. The molecule has 0 spiro atoms. The average Bonchev–Trinajstić information content (AvgIpc) is 3.50. The number of fused-ring (bicyclic) bond motifs is 1. The standard InChI is InChI=1S/C24H25ClN6O/c1-15-6-9-20(31-26-11-12-27-31)17(14-15)22(32)30-13-5-10-24(30,3)23-28-19-8-7-18(25)16(2)21(19)29(23)4/h6-9,11-12,14H,5,10,13H2,1-4H3. The van der Waals surface area contributed by atoms with Crippen LogP contribution in [0.25, 0.3) is 16.7 Å². The van der Waals surface area contributed by atoms with Gasteiger partial charge in [0.1, 0.15) is 5.82 Å². The summed E-state index contributed by atoms with van der Waals surface area (Å²) >= 11 is 6.38. The Labute approximate surface area is 191 Å². The van der Waals surface area contributed by atoms with Crippen molar-refractivity contribution in [1.29, 1.82) is 0 Å². The largest absolute Gasteiger partial charge is 0.329 e. The Morgan fingerprint density at radius 2 is 1.88 bits per heavy atom. The van der Waals surface area contributed by atoms with Gasteiger partial charge in [-0.2, -0.15) is 15.0 Å². The van der Waals surface area contributed by atoms with E-state index in [0.29, 0.717) is 22.8 Å². The molecule has 32 heavy (non-hydrogen) atoms. The number of benzene rings is 2. The number of nitrogens with zero attached hydrogens (tertiary/aromatic N) is 6. The van der Waals surface area contributed by atoms with Crippen LogP contribution in [-0.4, -0.2) is 41.9 Å². The van der Waals surface area contributed by atoms with E-state index >= 15 is 0 Å². The highest BCUT2D eigenvalue weighted by Crippen LogP contribution is 2.41. The number of hydrogen-bond acceptors (Lipinski definition) is 4. The zero-order chi connectivity index (χ0) is 22.6. The van der Waals surface area contributed by atoms with Crippen molar-refractivity contribution in [2.45, 2.75) is 39.2 Å². The highest BCUT2D eigenvalue weighted by molar-refractivity contribution is 6.32. The van der Waals surface area contributed by atoms with Crippen molar-refractivity contribution < 1.29 is 4.79 Å². The van der Waals surface area contributed by atoms with Gasteiger partial charge < -0.3 is 9.47 Å². The van der Waals surface area contributed by atoms with Crippen molar-refractivity contribution in [2.75, 3.05) is 6.54 Å². The van der Waals surface area contributed by atoms with Gasteiger partial charge in [-0.25, -0.2) is 4.98 Å². The van der Waals surface area contributed by atoms with Crippen molar-refractivity contribution in [3.8, 4) is 5.69 Å². The fourth-order valence-electron chi connectivity index (χ4n) is 4.95. The van der Waals surface area contributed by atoms with Gasteiger partial charge >= 0.3 is 0 Å². The number of aryl methyl sites for hydroxylation is 3. The van der Waals surface area contributed by atoms with Crippen LogP contribution in [0.2, 0.25) is 5.02 Å². The molecule has 1 aliphatic heterocycles. The Balaban J connectivity index is 1.63. The third kappa shape index (κ3) is 3.03. The van der Waals surface area contributed by atoms with E-state index in [2.05, 4.69) is 21.7 Å². The number of halogens is 1. The third-order valence-corrected chi connectivity index (χ3v) is 7.02. The minimum absolute atomic E-state index is 0.0391. The van der Waals surface area contributed by atoms with Crippen molar-refractivity contribution in [3.63, 3.8) is 0 Å². The van der Waals surface area contributed by atoms with Crippen LogP contribution in [0.4, 0.5) is 0 Å². The molecule has 7 nitrogen and oxygen atoms in total. The topological polar surface area (TPSA) is 68.8 Å². The highest BCUT2D eigenvalue weighted by atomic mass is 35.5. The zero-order valence-corrected chi connectivity index (χ0v) is 19.4. The second-order valence-corrected chi connectivity index (χ2v) is 9.12. The zero-order valence-electron chi connectivity index (χ0n) is 18.6. The lowest BCUT2D eigenvalue weighted by atomic mass is 9.96. The molecule has 1 saturated heterocycles. The number of amides is 1. The molecule has 0 aliphatic carbocycles. The van der Waals surface area contributed by atoms with Crippen molar-refractivity contribution >= 4 is 28.5 Å². The quantitative estimate of drug-likeness (QED) is 0.460. The fourth-order valence-corrected chi connectivity index (χ4v) is 5.11. The van der Waals surface area contributed by atoms with Gasteiger partial charge in [0.05, 0.1) is 40.2 Å². The second kappa shape index (κ2) is 7.45. The number of rotatable bonds is 3. The number of hydrogen-bond donors (Lipinski definition) is 0. The number of imidazole rings is 1. The molecule has 4 aromatic rings. The van der Waals surface area contributed by atoms with Crippen LogP contribution in [0.5, 0.6) is 0 Å². The maximum absolute atomic E-state index is 14.0. The Bertz CT molecular complexity index is 1340. The molecule has 1 fully saturated rings. The molecule has 1 unspecified atom stereocenters. The predicted octanol–water partition coefficient (Wildman–Crippen LogP) is 4.58. The predicted molar refractivity (Wildman–Crippen MR) is 124 cm³/mol. The molecule has 1 aliphatic rings. The minimum atomic E-state index is -0.539. The number of likely N-dealkylation sites (tertiary alicyclic amines) is 1. The van der Waals surface area contributed by atoms with Crippen molar-refractivity contribution in [2.24, 2.45) is 7.05 Å². The first-order valence-electron chi connectivity index (χ1n) is 10.7. The normalized spacial score (nSPS) is 18.6. The fraction of sp³-hybridized carbons (Fsp3) is 0.333. The van der Waals surface area contributed by atoms with Crippen LogP contribution in [-0.2, 0) is 12.6 Å². The summed E-state index contributed by atoms with van der Waals surface area (Å²) in [6.45, 7) is 6.76. The molecule has 2 aromatic carbocycles. The lowest BCUT2D eigenvalue weighted by molar-refractivity contribution is 0.0599. The van der Waals surface area contributed by atoms with Gasteiger partial charge in [-0.1, -0.05) is 23.2 Å². The van der Waals surface area contributed by atoms with Gasteiger partial charge in [-0.05, 0) is 63.4 Å². The van der Waals surface area contributed by atoms with Crippen molar-refractivity contribution in [3.05, 3.63) is 70.3 Å². The van der Waals surface area contributed by atoms with Crippen molar-refractivity contribution in [1.82, 2.24) is 29.4 Å². The molecule has 3 heterocycles. The smallest absolute Gasteiger partial charge is 0.256 e. The lowest BCUT2D eigenvalue weighted by Crippen LogP contribution is -2.44. The Morgan fingerprint density at radius 1 is 1.12 bits per heavy atom. The van der Waals surface area contributed by atoms with E-state index in [1.807, 2.05) is 56.1 Å². The van der Waals surface area contributed by atoms with Crippen LogP contribution in [0.3, 0.4) is 0 Å². The van der Waals surface area contributed by atoms with E-state index in [1.54, 1.807) is 12.4 Å². The van der Waals surface area contributed by atoms with E-state index in [-0.39, 0.29) is 5.91 Å². The van der Waals surface area contributed by atoms with Crippen LogP contribution in [0.15, 0.2) is 42.7 Å². The van der Waals surface area contributed by atoms with Crippen LogP contribution >= 0.6 is 11.6 Å². The summed E-state index contributed by atoms with van der Waals surface area (Å²) in [6.07, 6.45) is 4.97.